The van der Waals surface area contributed by atoms with Gasteiger partial charge in [0.2, 0.25) is 0 Å². The van der Waals surface area contributed by atoms with Crippen LogP contribution < -0.4 is 10.6 Å². The van der Waals surface area contributed by atoms with Crippen LogP contribution in [0.4, 0.5) is 5.69 Å². The quantitative estimate of drug-likeness (QED) is 0.773. The second-order valence-electron chi connectivity index (χ2n) is 5.73. The molecule has 0 aliphatic heterocycles. The summed E-state index contributed by atoms with van der Waals surface area (Å²) in [6.45, 7) is 8.50. The van der Waals surface area contributed by atoms with Crippen LogP contribution in [0.5, 0.6) is 0 Å². The Balaban J connectivity index is 2.08. The average Bonchev–Trinajstić information content (AvgIpc) is 2.48. The molecule has 3 heteroatoms. The van der Waals surface area contributed by atoms with E-state index in [4.69, 9.17) is 12.2 Å². The van der Waals surface area contributed by atoms with Crippen molar-refractivity contribution in [1.82, 2.24) is 5.32 Å². The van der Waals surface area contributed by atoms with Gasteiger partial charge in [0.15, 0.2) is 5.11 Å². The highest BCUT2D eigenvalue weighted by Gasteiger charge is 2.13. The highest BCUT2D eigenvalue weighted by Crippen LogP contribution is 2.21. The van der Waals surface area contributed by atoms with E-state index in [-0.39, 0.29) is 6.04 Å². The molecule has 22 heavy (non-hydrogen) atoms. The van der Waals surface area contributed by atoms with E-state index in [1.807, 2.05) is 0 Å². The third kappa shape index (κ3) is 4.08. The Morgan fingerprint density at radius 1 is 1.05 bits per heavy atom. The molecule has 0 radical (unpaired) electrons. The number of rotatable bonds is 4. The normalized spacial score (nSPS) is 11.8. The van der Waals surface area contributed by atoms with Gasteiger partial charge in [0.1, 0.15) is 0 Å². The minimum absolute atomic E-state index is 0.229. The third-order valence-corrected chi connectivity index (χ3v) is 4.13. The predicted molar refractivity (Wildman–Crippen MR) is 99.5 cm³/mol. The Morgan fingerprint density at radius 2 is 1.77 bits per heavy atom. The maximum atomic E-state index is 5.49. The Bertz CT molecular complexity index is 664. The predicted octanol–water partition coefficient (Wildman–Crippen LogP) is 5.05. The molecule has 0 spiro atoms. The number of hydrogen-bond donors (Lipinski definition) is 2. The molecule has 0 unspecified atom stereocenters. The summed E-state index contributed by atoms with van der Waals surface area (Å²) < 4.78 is 0. The lowest BCUT2D eigenvalue weighted by atomic mass is 9.99. The van der Waals surface area contributed by atoms with Crippen molar-refractivity contribution >= 4 is 23.0 Å². The van der Waals surface area contributed by atoms with Gasteiger partial charge in [-0.2, -0.15) is 0 Å². The van der Waals surface area contributed by atoms with Crippen molar-refractivity contribution in [3.63, 3.8) is 0 Å². The van der Waals surface area contributed by atoms with Crippen LogP contribution in [-0.2, 0) is 0 Å². The summed E-state index contributed by atoms with van der Waals surface area (Å²) in [5.74, 6) is 0. The van der Waals surface area contributed by atoms with E-state index in [1.165, 1.54) is 22.3 Å². The molecule has 116 valence electrons. The molecule has 0 aliphatic rings. The van der Waals surface area contributed by atoms with Crippen LogP contribution in [0.2, 0.25) is 0 Å². The van der Waals surface area contributed by atoms with Gasteiger partial charge in [0, 0.05) is 5.69 Å². The summed E-state index contributed by atoms with van der Waals surface area (Å²) in [6.07, 6.45) is 0.986. The molecule has 0 saturated heterocycles. The topological polar surface area (TPSA) is 24.1 Å². The summed E-state index contributed by atoms with van der Waals surface area (Å²) in [4.78, 5) is 0. The highest BCUT2D eigenvalue weighted by molar-refractivity contribution is 7.80. The standard InChI is InChI=1S/C19H24N2S/c1-5-17(16-9-7-6-8-14(16)3)20-19(22)21-18-11-10-13(2)12-15(18)4/h6-12,17H,5H2,1-4H3,(H2,20,21,22)/t17-/m0/s1. The van der Waals surface area contributed by atoms with Crippen molar-refractivity contribution in [2.75, 3.05) is 5.32 Å². The lowest BCUT2D eigenvalue weighted by molar-refractivity contribution is 0.625. The fourth-order valence-corrected chi connectivity index (χ4v) is 2.90. The largest absolute Gasteiger partial charge is 0.356 e. The van der Waals surface area contributed by atoms with Crippen molar-refractivity contribution in [2.45, 2.75) is 40.2 Å². The van der Waals surface area contributed by atoms with Gasteiger partial charge in [-0.3, -0.25) is 0 Å². The summed E-state index contributed by atoms with van der Waals surface area (Å²) in [5, 5.41) is 7.41. The van der Waals surface area contributed by atoms with Crippen LogP contribution >= 0.6 is 12.2 Å². The van der Waals surface area contributed by atoms with Crippen molar-refractivity contribution < 1.29 is 0 Å². The van der Waals surface area contributed by atoms with E-state index < -0.39 is 0 Å². The van der Waals surface area contributed by atoms with E-state index in [2.05, 4.69) is 80.8 Å². The van der Waals surface area contributed by atoms with Crippen LogP contribution in [-0.4, -0.2) is 5.11 Å². The molecule has 0 heterocycles. The summed E-state index contributed by atoms with van der Waals surface area (Å²) in [7, 11) is 0. The van der Waals surface area contributed by atoms with E-state index in [0.29, 0.717) is 5.11 Å². The molecule has 0 aromatic heterocycles. The Hall–Kier alpha value is -1.87. The molecular weight excluding hydrogens is 288 g/mol. The first-order valence-electron chi connectivity index (χ1n) is 7.71. The number of hydrogen-bond acceptors (Lipinski definition) is 1. The smallest absolute Gasteiger partial charge is 0.171 e. The molecule has 2 rings (SSSR count). The third-order valence-electron chi connectivity index (χ3n) is 3.91. The van der Waals surface area contributed by atoms with Gasteiger partial charge < -0.3 is 10.6 Å². The van der Waals surface area contributed by atoms with Crippen molar-refractivity contribution in [1.29, 1.82) is 0 Å². The monoisotopic (exact) mass is 312 g/mol. The molecule has 2 aromatic rings. The first-order chi connectivity index (χ1) is 10.5. The van der Waals surface area contributed by atoms with Crippen molar-refractivity contribution in [3.8, 4) is 0 Å². The zero-order valence-electron chi connectivity index (χ0n) is 13.7. The molecule has 0 bridgehead atoms. The van der Waals surface area contributed by atoms with Crippen LogP contribution in [0, 0.1) is 20.8 Å². The van der Waals surface area contributed by atoms with Gasteiger partial charge in [0.05, 0.1) is 6.04 Å². The summed E-state index contributed by atoms with van der Waals surface area (Å²) in [6, 6.07) is 15.0. The first kappa shape index (κ1) is 16.5. The fourth-order valence-electron chi connectivity index (χ4n) is 2.65. The van der Waals surface area contributed by atoms with Gasteiger partial charge in [-0.05, 0) is 62.2 Å². The zero-order valence-corrected chi connectivity index (χ0v) is 14.6. The highest BCUT2D eigenvalue weighted by atomic mass is 32.1. The van der Waals surface area contributed by atoms with Crippen molar-refractivity contribution in [3.05, 3.63) is 64.7 Å². The molecule has 2 nitrogen and oxygen atoms in total. The van der Waals surface area contributed by atoms with Gasteiger partial charge in [-0.15, -0.1) is 0 Å². The Morgan fingerprint density at radius 3 is 2.41 bits per heavy atom. The maximum absolute atomic E-state index is 5.49. The Labute approximate surface area is 139 Å². The molecule has 0 aliphatic carbocycles. The number of aryl methyl sites for hydroxylation is 3. The van der Waals surface area contributed by atoms with Gasteiger partial charge in [-0.25, -0.2) is 0 Å². The summed E-state index contributed by atoms with van der Waals surface area (Å²) in [5.41, 5.74) is 6.11. The number of anilines is 1. The first-order valence-corrected chi connectivity index (χ1v) is 8.12. The van der Waals surface area contributed by atoms with Crippen LogP contribution in [0.1, 0.15) is 41.6 Å². The molecular formula is C19H24N2S. The Kier molecular flexibility index (Phi) is 5.56. The minimum atomic E-state index is 0.229. The minimum Gasteiger partial charge on any atom is -0.356 e. The van der Waals surface area contributed by atoms with E-state index in [1.54, 1.807) is 0 Å². The van der Waals surface area contributed by atoms with E-state index in [0.717, 1.165) is 12.1 Å². The molecule has 0 saturated carbocycles. The van der Waals surface area contributed by atoms with Crippen LogP contribution in [0.3, 0.4) is 0 Å². The summed E-state index contributed by atoms with van der Waals surface area (Å²) >= 11 is 5.49. The fraction of sp³-hybridized carbons (Fsp3) is 0.316. The molecule has 2 N–H and O–H groups in total. The van der Waals surface area contributed by atoms with E-state index in [9.17, 15) is 0 Å². The molecule has 0 fully saturated rings. The molecule has 2 aromatic carbocycles. The van der Waals surface area contributed by atoms with Crippen LogP contribution in [0.25, 0.3) is 0 Å². The van der Waals surface area contributed by atoms with Crippen molar-refractivity contribution in [2.24, 2.45) is 0 Å². The second-order valence-corrected chi connectivity index (χ2v) is 6.14. The van der Waals surface area contributed by atoms with E-state index >= 15 is 0 Å². The number of nitrogens with one attached hydrogen (secondary N) is 2. The number of benzene rings is 2. The zero-order chi connectivity index (χ0) is 16.1. The maximum Gasteiger partial charge on any atom is 0.171 e. The van der Waals surface area contributed by atoms with Gasteiger partial charge >= 0.3 is 0 Å². The van der Waals surface area contributed by atoms with Gasteiger partial charge in [-0.1, -0.05) is 48.9 Å². The lowest BCUT2D eigenvalue weighted by Crippen LogP contribution is -2.32. The van der Waals surface area contributed by atoms with Crippen LogP contribution in [0.15, 0.2) is 42.5 Å². The SMILES string of the molecule is CC[C@H](NC(=S)Nc1ccc(C)cc1C)c1ccccc1C. The lowest BCUT2D eigenvalue weighted by Gasteiger charge is -2.22. The molecule has 0 amide bonds. The number of thiocarbonyl (C=S) groups is 1. The second kappa shape index (κ2) is 7.41. The molecule has 1 atom stereocenters. The average molecular weight is 312 g/mol. The van der Waals surface area contributed by atoms with Gasteiger partial charge in [0.25, 0.3) is 0 Å².